The fourth-order valence-electron chi connectivity index (χ4n) is 1.96. The Kier molecular flexibility index (Phi) is 4.92. The van der Waals surface area contributed by atoms with Crippen LogP contribution in [-0.4, -0.2) is 36.2 Å². The highest BCUT2D eigenvalue weighted by Crippen LogP contribution is 2.17. The van der Waals surface area contributed by atoms with E-state index in [2.05, 4.69) is 10.3 Å². The Balaban J connectivity index is 2.19. The van der Waals surface area contributed by atoms with Gasteiger partial charge in [0.15, 0.2) is 0 Å². The summed E-state index contributed by atoms with van der Waals surface area (Å²) >= 11 is 0. The number of carbonyl (C=O) groups is 1. The van der Waals surface area contributed by atoms with E-state index in [0.29, 0.717) is 5.69 Å². The van der Waals surface area contributed by atoms with Crippen molar-refractivity contribution in [1.29, 1.82) is 0 Å². The molecule has 0 spiro atoms. The summed E-state index contributed by atoms with van der Waals surface area (Å²) in [6.07, 6.45) is 3.10. The number of aromatic nitrogens is 2. The van der Waals surface area contributed by atoms with Crippen molar-refractivity contribution in [3.63, 3.8) is 0 Å². The maximum Gasteiger partial charge on any atom is 0.232 e. The molecule has 0 fully saturated rings. The Morgan fingerprint density at radius 1 is 1.41 bits per heavy atom. The second-order valence-electron chi connectivity index (χ2n) is 4.72. The average molecular weight is 325 g/mol. The van der Waals surface area contributed by atoms with Crippen LogP contribution in [0.4, 0.5) is 4.39 Å². The van der Waals surface area contributed by atoms with E-state index in [1.54, 1.807) is 6.07 Å². The Hall–Kier alpha value is -2.22. The molecule has 22 heavy (non-hydrogen) atoms. The zero-order valence-electron chi connectivity index (χ0n) is 12.0. The minimum absolute atomic E-state index is 0.138. The second kappa shape index (κ2) is 6.69. The van der Waals surface area contributed by atoms with Gasteiger partial charge in [0, 0.05) is 25.9 Å². The molecular formula is C14H16FN3O3S. The summed E-state index contributed by atoms with van der Waals surface area (Å²) in [5.41, 5.74) is 0.387. The predicted octanol–water partition coefficient (Wildman–Crippen LogP) is 1.31. The zero-order valence-corrected chi connectivity index (χ0v) is 12.8. The number of nitrogens with zero attached hydrogens (tertiary/aromatic N) is 2. The van der Waals surface area contributed by atoms with Crippen molar-refractivity contribution in [2.75, 3.05) is 12.3 Å². The summed E-state index contributed by atoms with van der Waals surface area (Å²) in [6, 6.07) is 5.61. The molecule has 0 saturated carbocycles. The van der Waals surface area contributed by atoms with Crippen molar-refractivity contribution in [3.05, 3.63) is 42.5 Å². The van der Waals surface area contributed by atoms with Crippen molar-refractivity contribution < 1.29 is 17.6 Å². The first-order valence-corrected chi connectivity index (χ1v) is 8.32. The first-order valence-electron chi connectivity index (χ1n) is 6.66. The summed E-state index contributed by atoms with van der Waals surface area (Å²) < 4.78 is 39.3. The number of amides is 1. The first kappa shape index (κ1) is 16.2. The van der Waals surface area contributed by atoms with Crippen molar-refractivity contribution >= 4 is 15.7 Å². The third-order valence-corrected chi connectivity index (χ3v) is 4.62. The summed E-state index contributed by atoms with van der Waals surface area (Å²) in [5, 5.41) is 2.40. The number of carbonyl (C=O) groups excluding carboxylic acids is 1. The van der Waals surface area contributed by atoms with Gasteiger partial charge in [0.25, 0.3) is 0 Å². The van der Waals surface area contributed by atoms with Crippen molar-refractivity contribution in [1.82, 2.24) is 14.9 Å². The van der Waals surface area contributed by atoms with Crippen LogP contribution in [0.25, 0.3) is 5.69 Å². The molecule has 6 nitrogen and oxygen atoms in total. The molecule has 1 heterocycles. The molecule has 0 aliphatic heterocycles. The highest BCUT2D eigenvalue weighted by atomic mass is 32.2. The van der Waals surface area contributed by atoms with Crippen LogP contribution >= 0.6 is 0 Å². The number of imidazole rings is 1. The fourth-order valence-corrected chi connectivity index (χ4v) is 3.35. The van der Waals surface area contributed by atoms with E-state index >= 15 is 0 Å². The van der Waals surface area contributed by atoms with Crippen LogP contribution in [0.2, 0.25) is 0 Å². The molecule has 2 aromatic rings. The van der Waals surface area contributed by atoms with E-state index < -0.39 is 15.7 Å². The molecule has 1 amide bonds. The van der Waals surface area contributed by atoms with Crippen LogP contribution in [0, 0.1) is 5.82 Å². The Morgan fingerprint density at radius 2 is 2.18 bits per heavy atom. The molecule has 0 aliphatic carbocycles. The number of hydrogen-bond acceptors (Lipinski definition) is 4. The van der Waals surface area contributed by atoms with Crippen LogP contribution < -0.4 is 5.32 Å². The topological polar surface area (TPSA) is 81.1 Å². The summed E-state index contributed by atoms with van der Waals surface area (Å²) in [6.45, 7) is 1.64. The van der Waals surface area contributed by atoms with Crippen molar-refractivity contribution in [2.24, 2.45) is 0 Å². The largest absolute Gasteiger partial charge is 0.356 e. The number of benzene rings is 1. The van der Waals surface area contributed by atoms with Gasteiger partial charge in [-0.1, -0.05) is 6.07 Å². The van der Waals surface area contributed by atoms with Crippen LogP contribution in [-0.2, 0) is 14.6 Å². The van der Waals surface area contributed by atoms with Gasteiger partial charge in [0.1, 0.15) is 5.82 Å². The standard InChI is InChI=1S/C14H16FN3O3S/c1-11(19)16-6-3-9-22(20,21)14-17-7-8-18(14)13-5-2-4-12(15)10-13/h2,4-5,7-8,10H,3,6,9H2,1H3,(H,16,19). The van der Waals surface area contributed by atoms with Crippen molar-refractivity contribution in [3.8, 4) is 5.69 Å². The van der Waals surface area contributed by atoms with E-state index in [9.17, 15) is 17.6 Å². The lowest BCUT2D eigenvalue weighted by atomic mass is 10.3. The van der Waals surface area contributed by atoms with Gasteiger partial charge in [-0.15, -0.1) is 0 Å². The monoisotopic (exact) mass is 325 g/mol. The number of nitrogens with one attached hydrogen (secondary N) is 1. The molecule has 2 rings (SSSR count). The Bertz CT molecular complexity index is 771. The fraction of sp³-hybridized carbons (Fsp3) is 0.286. The van der Waals surface area contributed by atoms with Crippen molar-refractivity contribution in [2.45, 2.75) is 18.5 Å². The third-order valence-electron chi connectivity index (χ3n) is 2.94. The maximum absolute atomic E-state index is 13.3. The highest BCUT2D eigenvalue weighted by Gasteiger charge is 2.21. The number of halogens is 1. The molecule has 0 atom stereocenters. The minimum atomic E-state index is -3.63. The van der Waals surface area contributed by atoms with E-state index in [0.717, 1.165) is 0 Å². The second-order valence-corrected chi connectivity index (χ2v) is 6.72. The molecule has 1 aromatic heterocycles. The zero-order chi connectivity index (χ0) is 16.2. The molecule has 1 N–H and O–H groups in total. The number of hydrogen-bond donors (Lipinski definition) is 1. The Morgan fingerprint density at radius 3 is 2.86 bits per heavy atom. The van der Waals surface area contributed by atoms with E-state index in [4.69, 9.17) is 0 Å². The number of sulfone groups is 1. The lowest BCUT2D eigenvalue weighted by Gasteiger charge is -2.09. The smallest absolute Gasteiger partial charge is 0.232 e. The van der Waals surface area contributed by atoms with Gasteiger partial charge < -0.3 is 5.32 Å². The quantitative estimate of drug-likeness (QED) is 0.812. The van der Waals surface area contributed by atoms with Gasteiger partial charge >= 0.3 is 0 Å². The van der Waals surface area contributed by atoms with Gasteiger partial charge in [0.05, 0.1) is 11.4 Å². The molecule has 0 unspecified atom stereocenters. The van der Waals surface area contributed by atoms with E-state index in [-0.39, 0.29) is 29.8 Å². The van der Waals surface area contributed by atoms with Gasteiger partial charge in [-0.25, -0.2) is 17.8 Å². The molecule has 0 aliphatic rings. The SMILES string of the molecule is CC(=O)NCCCS(=O)(=O)c1nccn1-c1cccc(F)c1. The number of rotatable bonds is 6. The van der Waals surface area contributed by atoms with E-state index in [1.165, 1.54) is 42.1 Å². The van der Waals surface area contributed by atoms with Crippen LogP contribution in [0.5, 0.6) is 0 Å². The molecule has 8 heteroatoms. The summed E-state index contributed by atoms with van der Waals surface area (Å²) in [7, 11) is -3.63. The van der Waals surface area contributed by atoms with Gasteiger partial charge in [-0.3, -0.25) is 9.36 Å². The lowest BCUT2D eigenvalue weighted by molar-refractivity contribution is -0.118. The normalized spacial score (nSPS) is 11.4. The Labute approximate surface area is 127 Å². The third kappa shape index (κ3) is 3.91. The van der Waals surface area contributed by atoms with E-state index in [1.807, 2.05) is 0 Å². The van der Waals surface area contributed by atoms with Crippen LogP contribution in [0.1, 0.15) is 13.3 Å². The summed E-state index contributed by atoms with van der Waals surface area (Å²) in [5.74, 6) is -0.821. The van der Waals surface area contributed by atoms with Crippen LogP contribution in [0.3, 0.4) is 0 Å². The molecular weight excluding hydrogens is 309 g/mol. The predicted molar refractivity (Wildman–Crippen MR) is 78.9 cm³/mol. The van der Waals surface area contributed by atoms with Gasteiger partial charge in [0.2, 0.25) is 20.9 Å². The lowest BCUT2D eigenvalue weighted by Crippen LogP contribution is -2.23. The highest BCUT2D eigenvalue weighted by molar-refractivity contribution is 7.91. The molecule has 118 valence electrons. The summed E-state index contributed by atoms with van der Waals surface area (Å²) in [4.78, 5) is 14.6. The van der Waals surface area contributed by atoms with Gasteiger partial charge in [-0.05, 0) is 24.6 Å². The first-order chi connectivity index (χ1) is 10.4. The molecule has 0 saturated heterocycles. The minimum Gasteiger partial charge on any atom is -0.356 e. The molecule has 1 aromatic carbocycles. The van der Waals surface area contributed by atoms with Gasteiger partial charge in [-0.2, -0.15) is 0 Å². The average Bonchev–Trinajstić information content (AvgIpc) is 2.94. The van der Waals surface area contributed by atoms with Crippen LogP contribution in [0.15, 0.2) is 41.8 Å². The maximum atomic E-state index is 13.3. The molecule has 0 radical (unpaired) electrons. The molecule has 0 bridgehead atoms.